The van der Waals surface area contributed by atoms with E-state index in [4.69, 9.17) is 35.6 Å². The van der Waals surface area contributed by atoms with Crippen LogP contribution in [0.4, 0.5) is 55.3 Å². The minimum absolute atomic E-state index is 0.0354. The van der Waals surface area contributed by atoms with E-state index in [1.165, 1.54) is 24.6 Å². The van der Waals surface area contributed by atoms with Gasteiger partial charge in [-0.2, -0.15) is 46.5 Å². The van der Waals surface area contributed by atoms with Gasteiger partial charge in [-0.3, -0.25) is 0 Å². The molecule has 0 fully saturated rings. The molecule has 8 rings (SSSR count). The largest absolute Gasteiger partial charge is 0.459 e. The van der Waals surface area contributed by atoms with Gasteiger partial charge in [0.05, 0.1) is 36.0 Å². The summed E-state index contributed by atoms with van der Waals surface area (Å²) in [5.41, 5.74) is 10.1. The van der Waals surface area contributed by atoms with Crippen LogP contribution >= 0.6 is 11.6 Å². The second-order valence-corrected chi connectivity index (χ2v) is 29.2. The first-order chi connectivity index (χ1) is 31.5. The monoisotopic (exact) mass is 992 g/mol. The minimum Gasteiger partial charge on any atom is -0.459 e. The van der Waals surface area contributed by atoms with Gasteiger partial charge in [-0.05, 0) is 60.1 Å². The second kappa shape index (κ2) is 21.3. The smallest absolute Gasteiger partial charge is 0.405 e. The van der Waals surface area contributed by atoms with Crippen LogP contribution in [0.2, 0.25) is 56.7 Å². The minimum atomic E-state index is -4.39. The van der Waals surface area contributed by atoms with Crippen molar-refractivity contribution in [3.8, 4) is 0 Å². The van der Waals surface area contributed by atoms with Crippen molar-refractivity contribution in [2.45, 2.75) is 77.2 Å². The number of fused-ring (bicyclic) bond motifs is 4. The summed E-state index contributed by atoms with van der Waals surface area (Å²) in [6.45, 7) is 13.8. The fourth-order valence-electron chi connectivity index (χ4n) is 5.99. The highest BCUT2D eigenvalue weighted by molar-refractivity contribution is 6.76. The van der Waals surface area contributed by atoms with E-state index in [-0.39, 0.29) is 34.0 Å². The summed E-state index contributed by atoms with van der Waals surface area (Å²) < 4.78 is 99.3. The highest BCUT2D eigenvalue weighted by atomic mass is 35.5. The summed E-state index contributed by atoms with van der Waals surface area (Å²) in [6.07, 6.45) is -2.47. The zero-order valence-corrected chi connectivity index (χ0v) is 40.3. The van der Waals surface area contributed by atoms with Crippen LogP contribution in [-0.2, 0) is 22.9 Å². The predicted molar refractivity (Wildman–Crippen MR) is 253 cm³/mol. The Morgan fingerprint density at radius 2 is 1.15 bits per heavy atom. The summed E-state index contributed by atoms with van der Waals surface area (Å²) in [5.74, 6) is 0.0365. The number of furan rings is 2. The molecule has 0 unspecified atom stereocenters. The van der Waals surface area contributed by atoms with Gasteiger partial charge >= 0.3 is 12.4 Å². The van der Waals surface area contributed by atoms with Gasteiger partial charge in [0.2, 0.25) is 11.2 Å². The fourth-order valence-corrected chi connectivity index (χ4v) is 7.68. The third kappa shape index (κ3) is 15.6. The Morgan fingerprint density at radius 3 is 1.67 bits per heavy atom. The topological polar surface area (TPSA) is 194 Å². The molecule has 360 valence electrons. The molecule has 0 radical (unpaired) electrons. The van der Waals surface area contributed by atoms with Crippen LogP contribution in [0.15, 0.2) is 82.3 Å². The molecule has 5 N–H and O–H groups in total. The Morgan fingerprint density at radius 1 is 0.657 bits per heavy atom. The van der Waals surface area contributed by atoms with Crippen molar-refractivity contribution in [2.75, 3.05) is 48.0 Å². The maximum absolute atomic E-state index is 12.7. The van der Waals surface area contributed by atoms with Gasteiger partial charge in [0.15, 0.2) is 22.8 Å². The first-order valence-corrected chi connectivity index (χ1v) is 28.6. The van der Waals surface area contributed by atoms with Crippen LogP contribution in [0.3, 0.4) is 0 Å². The zero-order chi connectivity index (χ0) is 48.6. The molecule has 0 aliphatic carbocycles. The van der Waals surface area contributed by atoms with E-state index in [1.807, 2.05) is 47.3 Å². The molecule has 0 saturated carbocycles. The van der Waals surface area contributed by atoms with E-state index < -0.39 is 41.6 Å². The summed E-state index contributed by atoms with van der Waals surface area (Å²) in [5, 5.41) is 18.0. The normalized spacial score (nSPS) is 12.3. The van der Waals surface area contributed by atoms with Gasteiger partial charge in [0, 0.05) is 63.6 Å². The summed E-state index contributed by atoms with van der Waals surface area (Å²) in [6, 6.07) is 16.7. The van der Waals surface area contributed by atoms with Crippen molar-refractivity contribution in [3.05, 3.63) is 78.7 Å². The van der Waals surface area contributed by atoms with Gasteiger partial charge in [-0.1, -0.05) is 39.3 Å². The van der Waals surface area contributed by atoms with Crippen molar-refractivity contribution >= 4 is 101 Å². The number of nitrogen functional groups attached to an aromatic ring is 1. The Hall–Kier alpha value is -5.96. The molecular formula is C42H51ClF6N12O4Si2. The van der Waals surface area contributed by atoms with Crippen LogP contribution < -0.4 is 21.7 Å². The van der Waals surface area contributed by atoms with Crippen LogP contribution in [0, 0.1) is 0 Å². The molecule has 0 atom stereocenters. The van der Waals surface area contributed by atoms with Crippen LogP contribution in [0.1, 0.15) is 0 Å². The van der Waals surface area contributed by atoms with Crippen molar-refractivity contribution in [3.63, 3.8) is 0 Å². The van der Waals surface area contributed by atoms with E-state index in [1.54, 1.807) is 16.9 Å². The number of halogens is 7. The van der Waals surface area contributed by atoms with Gasteiger partial charge in [0.1, 0.15) is 37.6 Å². The number of ether oxygens (including phenoxy) is 2. The standard InChI is InChI=1S/C21H25F3N6O2Si.C13H21N3OSi.C8H5ClF3N3O/c1-33(2,3)9-8-31-13-30-17-10-15(5-4-14(17)11-26-30)27-20-28-16-6-7-32-18(16)19(29-20)25-12-21(22,23)24;1-18(2,3)7-6-17-10-16-13-8-12(14)5-4-11(13)9-15-16;9-7-14-4-1-2-16-5(4)6(15-7)13-3-8(10,11)12/h4-7,10-11H,8-9,12-13H2,1-3H3,(H2,25,27,28,29);4-5,8-9H,6-7,10,14H2,1-3H3;1-2H,3H2,(H,13,14,15). The molecule has 6 aromatic heterocycles. The fraction of sp³-hybridized carbons (Fsp3) is 0.381. The van der Waals surface area contributed by atoms with Crippen LogP contribution in [-0.4, -0.2) is 94.3 Å². The first-order valence-electron chi connectivity index (χ1n) is 20.8. The molecule has 67 heavy (non-hydrogen) atoms. The number of benzene rings is 2. The number of nitrogens with zero attached hydrogens (tertiary/aromatic N) is 8. The molecule has 25 heteroatoms. The lowest BCUT2D eigenvalue weighted by Gasteiger charge is -2.15. The van der Waals surface area contributed by atoms with Gasteiger partial charge in [-0.25, -0.2) is 19.3 Å². The maximum atomic E-state index is 12.7. The van der Waals surface area contributed by atoms with Crippen molar-refractivity contribution < 1.29 is 44.7 Å². The number of hydrogen-bond donors (Lipinski definition) is 4. The van der Waals surface area contributed by atoms with Gasteiger partial charge < -0.3 is 40.0 Å². The number of hydrogen-bond acceptors (Lipinski definition) is 14. The van der Waals surface area contributed by atoms with E-state index in [0.717, 1.165) is 40.1 Å². The lowest BCUT2D eigenvalue weighted by molar-refractivity contribution is -0.116. The van der Waals surface area contributed by atoms with Crippen LogP contribution in [0.25, 0.3) is 44.0 Å². The second-order valence-electron chi connectivity index (χ2n) is 17.6. The number of alkyl halides is 6. The van der Waals surface area contributed by atoms with E-state index in [2.05, 4.69) is 85.4 Å². The predicted octanol–water partition coefficient (Wildman–Crippen LogP) is 11.4. The van der Waals surface area contributed by atoms with E-state index >= 15 is 0 Å². The van der Waals surface area contributed by atoms with Crippen molar-refractivity contribution in [1.29, 1.82) is 0 Å². The maximum Gasteiger partial charge on any atom is 0.405 e. The van der Waals surface area contributed by atoms with E-state index in [9.17, 15) is 26.3 Å². The molecule has 0 aliphatic heterocycles. The Labute approximate surface area is 387 Å². The molecule has 8 aromatic rings. The number of anilines is 5. The lowest BCUT2D eigenvalue weighted by atomic mass is 10.2. The lowest BCUT2D eigenvalue weighted by Crippen LogP contribution is -2.22. The molecule has 16 nitrogen and oxygen atoms in total. The first kappa shape index (κ1) is 50.5. The van der Waals surface area contributed by atoms with Gasteiger partial charge in [-0.15, -0.1) is 0 Å². The average Bonchev–Trinajstić information content (AvgIpc) is 4.06. The molecular weight excluding hydrogens is 942 g/mol. The van der Waals surface area contributed by atoms with Gasteiger partial charge in [0.25, 0.3) is 0 Å². The van der Waals surface area contributed by atoms with Crippen molar-refractivity contribution in [1.82, 2.24) is 39.5 Å². The zero-order valence-electron chi connectivity index (χ0n) is 37.5. The third-order valence-corrected chi connectivity index (χ3v) is 13.1. The van der Waals surface area contributed by atoms with Crippen molar-refractivity contribution in [2.24, 2.45) is 0 Å². The number of nitrogens with two attached hydrogens (primary N) is 1. The molecule has 6 heterocycles. The number of aromatic nitrogens is 8. The molecule has 0 amide bonds. The summed E-state index contributed by atoms with van der Waals surface area (Å²) in [7, 11) is -2.19. The Bertz CT molecular complexity index is 2870. The molecule has 0 saturated heterocycles. The Balaban J connectivity index is 0.000000183. The van der Waals surface area contributed by atoms with E-state index in [0.29, 0.717) is 36.8 Å². The van der Waals surface area contributed by atoms with Crippen LogP contribution in [0.5, 0.6) is 0 Å². The molecule has 2 aromatic carbocycles. The number of nitrogens with one attached hydrogen (secondary N) is 3. The molecule has 0 spiro atoms. The number of rotatable bonds is 16. The highest BCUT2D eigenvalue weighted by Crippen LogP contribution is 2.28. The SMILES string of the molecule is C[Si](C)(C)CCOCn1ncc2ccc(N)cc21.C[Si](C)(C)CCOCn1ncc2ccc(Nc3nc(NCC(F)(F)F)c4occc4n3)cc21.FC(F)(F)CNc1nc(Cl)nc2ccoc12. The summed E-state index contributed by atoms with van der Waals surface area (Å²) in [4.78, 5) is 15.9. The Kier molecular flexibility index (Phi) is 16.1. The molecule has 0 aliphatic rings. The highest BCUT2D eigenvalue weighted by Gasteiger charge is 2.29. The third-order valence-electron chi connectivity index (χ3n) is 9.48. The molecule has 0 bridgehead atoms. The average molecular weight is 994 g/mol. The quantitative estimate of drug-likeness (QED) is 0.0235. The summed E-state index contributed by atoms with van der Waals surface area (Å²) >= 11 is 5.55.